The Balaban J connectivity index is 1.29. The Kier molecular flexibility index (Phi) is 5.07. The molecule has 0 spiro atoms. The zero-order valence-electron chi connectivity index (χ0n) is 17.2. The Morgan fingerprint density at radius 2 is 1.94 bits per heavy atom. The molecule has 3 heterocycles. The van der Waals surface area contributed by atoms with E-state index in [1.54, 1.807) is 6.92 Å². The van der Waals surface area contributed by atoms with Crippen LogP contribution in [-0.4, -0.2) is 31.5 Å². The molecule has 0 bridgehead atoms. The molecule has 1 aliphatic carbocycles. The van der Waals surface area contributed by atoms with Gasteiger partial charge < -0.3 is 18.7 Å². The van der Waals surface area contributed by atoms with E-state index < -0.39 is 17.5 Å². The van der Waals surface area contributed by atoms with Gasteiger partial charge in [0.1, 0.15) is 16.9 Å². The third-order valence-corrected chi connectivity index (χ3v) is 5.98. The van der Waals surface area contributed by atoms with Gasteiger partial charge in [-0.1, -0.05) is 30.3 Å². The van der Waals surface area contributed by atoms with Crippen molar-refractivity contribution in [2.45, 2.75) is 31.8 Å². The summed E-state index contributed by atoms with van der Waals surface area (Å²) in [5.41, 5.74) is 1.00. The van der Waals surface area contributed by atoms with Crippen molar-refractivity contribution in [3.8, 4) is 11.8 Å². The van der Waals surface area contributed by atoms with E-state index in [4.69, 9.17) is 13.6 Å². The molecule has 2 N–H and O–H groups in total. The highest BCUT2D eigenvalue weighted by Gasteiger charge is 2.56. The number of nitrogens with one attached hydrogen (secondary N) is 1. The van der Waals surface area contributed by atoms with Crippen molar-refractivity contribution < 1.29 is 28.3 Å². The van der Waals surface area contributed by atoms with E-state index in [0.717, 1.165) is 17.1 Å². The molecule has 1 saturated carbocycles. The summed E-state index contributed by atoms with van der Waals surface area (Å²) < 4.78 is 20.4. The third kappa shape index (κ3) is 4.04. The number of aliphatic carboxylic acids is 1. The number of fused-ring (bicyclic) bond motifs is 1. The third-order valence-electron chi connectivity index (χ3n) is 5.13. The van der Waals surface area contributed by atoms with E-state index in [2.05, 4.69) is 31.5 Å². The summed E-state index contributed by atoms with van der Waals surface area (Å²) in [5.74, 6) is 4.79. The van der Waals surface area contributed by atoms with Gasteiger partial charge >= 0.3 is 12.1 Å². The quantitative estimate of drug-likeness (QED) is 0.421. The lowest BCUT2D eigenvalue weighted by atomic mass is 10.1. The smallest absolute Gasteiger partial charge is 0.412 e. The molecule has 0 unspecified atom stereocenters. The van der Waals surface area contributed by atoms with E-state index in [-0.39, 0.29) is 29.8 Å². The number of aromatic nitrogens is 3. The fourth-order valence-corrected chi connectivity index (χ4v) is 3.82. The van der Waals surface area contributed by atoms with Crippen molar-refractivity contribution in [1.29, 1.82) is 0 Å². The number of nitrogens with zero attached hydrogens (tertiary/aromatic N) is 3. The Hall–Kier alpha value is -4.17. The van der Waals surface area contributed by atoms with Crippen LogP contribution in [0.25, 0.3) is 11.4 Å². The zero-order valence-corrected chi connectivity index (χ0v) is 18.1. The van der Waals surface area contributed by atoms with Gasteiger partial charge in [0, 0.05) is 0 Å². The van der Waals surface area contributed by atoms with Crippen molar-refractivity contribution in [2.75, 3.05) is 5.32 Å². The minimum absolute atomic E-state index is 0.0478. The molecule has 3 aromatic heterocycles. The summed E-state index contributed by atoms with van der Waals surface area (Å²) in [4.78, 5) is 32.4. The molecule has 0 atom stereocenters. The SMILES string of the molecule is Cc1nsc(C#Cc2nc3oc(C4(C(=O)O)CC4)nc3o2)c1NC(=O)OCc1ccccc1. The minimum atomic E-state index is -1.08. The number of rotatable bonds is 5. The molecule has 11 heteroatoms. The summed E-state index contributed by atoms with van der Waals surface area (Å²) in [5, 5.41) is 12.0. The first-order chi connectivity index (χ1) is 15.9. The van der Waals surface area contributed by atoms with E-state index >= 15 is 0 Å². The summed E-state index contributed by atoms with van der Waals surface area (Å²) in [7, 11) is 0. The molecular weight excluding hydrogens is 448 g/mol. The predicted octanol–water partition coefficient (Wildman–Crippen LogP) is 3.85. The van der Waals surface area contributed by atoms with Gasteiger partial charge in [0.05, 0.1) is 11.4 Å². The summed E-state index contributed by atoms with van der Waals surface area (Å²) in [6.45, 7) is 1.88. The number of hydrogen-bond acceptors (Lipinski definition) is 9. The van der Waals surface area contributed by atoms with Crippen molar-refractivity contribution in [2.24, 2.45) is 0 Å². The first-order valence-corrected chi connectivity index (χ1v) is 10.7. The van der Waals surface area contributed by atoms with Crippen LogP contribution in [-0.2, 0) is 21.6 Å². The number of hydrogen-bond donors (Lipinski definition) is 2. The van der Waals surface area contributed by atoms with Crippen LogP contribution in [0.2, 0.25) is 0 Å². The van der Waals surface area contributed by atoms with Crippen molar-refractivity contribution in [3.63, 3.8) is 0 Å². The van der Waals surface area contributed by atoms with Crippen LogP contribution >= 0.6 is 11.5 Å². The first kappa shape index (κ1) is 20.7. The number of anilines is 1. The zero-order chi connectivity index (χ0) is 23.0. The van der Waals surface area contributed by atoms with Crippen molar-refractivity contribution >= 4 is 40.7 Å². The molecule has 166 valence electrons. The van der Waals surface area contributed by atoms with Crippen LogP contribution in [0, 0.1) is 18.8 Å². The van der Waals surface area contributed by atoms with Gasteiger partial charge in [0.2, 0.25) is 5.89 Å². The number of carbonyl (C=O) groups is 2. The number of aryl methyl sites for hydroxylation is 1. The molecule has 0 aliphatic heterocycles. The molecule has 1 amide bonds. The highest BCUT2D eigenvalue weighted by molar-refractivity contribution is 7.07. The topological polar surface area (TPSA) is 141 Å². The van der Waals surface area contributed by atoms with E-state index in [0.29, 0.717) is 29.1 Å². The lowest BCUT2D eigenvalue weighted by Gasteiger charge is -2.06. The fourth-order valence-electron chi connectivity index (χ4n) is 3.12. The normalized spacial score (nSPS) is 13.8. The Morgan fingerprint density at radius 1 is 1.18 bits per heavy atom. The van der Waals surface area contributed by atoms with Crippen LogP contribution in [0.15, 0.2) is 39.2 Å². The van der Waals surface area contributed by atoms with Gasteiger partial charge in [-0.15, -0.1) is 0 Å². The van der Waals surface area contributed by atoms with Gasteiger partial charge in [-0.3, -0.25) is 10.1 Å². The number of carbonyl (C=O) groups excluding carboxylic acids is 1. The Labute approximate surface area is 190 Å². The highest BCUT2D eigenvalue weighted by Crippen LogP contribution is 2.48. The lowest BCUT2D eigenvalue weighted by Crippen LogP contribution is -2.19. The number of amides is 1. The Bertz CT molecular complexity index is 1390. The molecule has 0 radical (unpaired) electrons. The number of oxazole rings is 2. The number of carboxylic acids is 1. The summed E-state index contributed by atoms with van der Waals surface area (Å²) >= 11 is 1.11. The number of benzene rings is 1. The molecular formula is C22H16N4O6S. The van der Waals surface area contributed by atoms with Gasteiger partial charge in [0.25, 0.3) is 17.3 Å². The largest absolute Gasteiger partial charge is 0.480 e. The molecule has 4 aromatic rings. The van der Waals surface area contributed by atoms with E-state index in [9.17, 15) is 14.7 Å². The van der Waals surface area contributed by atoms with Gasteiger partial charge in [-0.25, -0.2) is 4.79 Å². The molecule has 33 heavy (non-hydrogen) atoms. The van der Waals surface area contributed by atoms with Gasteiger partial charge in [-0.05, 0) is 48.7 Å². The number of ether oxygens (including phenoxy) is 1. The van der Waals surface area contributed by atoms with Crippen LogP contribution in [0.3, 0.4) is 0 Å². The summed E-state index contributed by atoms with van der Waals surface area (Å²) in [6, 6.07) is 9.33. The fraction of sp³-hybridized carbons (Fsp3) is 0.227. The predicted molar refractivity (Wildman–Crippen MR) is 116 cm³/mol. The van der Waals surface area contributed by atoms with E-state index in [1.807, 2.05) is 30.3 Å². The second-order valence-electron chi connectivity index (χ2n) is 7.44. The average molecular weight is 464 g/mol. The molecule has 1 aromatic carbocycles. The average Bonchev–Trinajstić information content (AvgIpc) is 3.24. The van der Waals surface area contributed by atoms with Crippen molar-refractivity contribution in [3.05, 3.63) is 58.2 Å². The second kappa shape index (κ2) is 8.07. The van der Waals surface area contributed by atoms with Gasteiger partial charge in [0.15, 0.2) is 0 Å². The van der Waals surface area contributed by atoms with Crippen LogP contribution < -0.4 is 5.32 Å². The molecule has 5 rings (SSSR count). The molecule has 1 aliphatic rings. The Morgan fingerprint density at radius 3 is 2.64 bits per heavy atom. The number of carboxylic acid groups (broad SMARTS) is 1. The lowest BCUT2D eigenvalue weighted by molar-refractivity contribution is -0.140. The molecule has 10 nitrogen and oxygen atoms in total. The van der Waals surface area contributed by atoms with Crippen LogP contribution in [0.5, 0.6) is 0 Å². The monoisotopic (exact) mass is 464 g/mol. The molecule has 0 saturated heterocycles. The highest BCUT2D eigenvalue weighted by atomic mass is 32.1. The minimum Gasteiger partial charge on any atom is -0.480 e. The maximum absolute atomic E-state index is 12.2. The second-order valence-corrected chi connectivity index (χ2v) is 8.22. The van der Waals surface area contributed by atoms with Crippen molar-refractivity contribution in [1.82, 2.24) is 14.3 Å². The van der Waals surface area contributed by atoms with E-state index in [1.165, 1.54) is 0 Å². The van der Waals surface area contributed by atoms with Crippen LogP contribution in [0.1, 0.15) is 40.8 Å². The summed E-state index contributed by atoms with van der Waals surface area (Å²) in [6.07, 6.45) is 0.307. The maximum atomic E-state index is 12.2. The van der Waals surface area contributed by atoms with Gasteiger partial charge in [-0.2, -0.15) is 14.3 Å². The first-order valence-electron chi connectivity index (χ1n) is 9.92. The standard InChI is InChI=1S/C22H16N4O6S/c1-12-16(24-21(29)30-11-13-5-3-2-4-6-13)14(33-26-12)7-8-15-23-17-18(31-15)25-19(32-17)22(9-10-22)20(27)28/h2-6H,9-11H2,1H3,(H,24,29)(H,27,28). The molecule has 1 fully saturated rings. The van der Waals surface area contributed by atoms with Crippen LogP contribution in [0.4, 0.5) is 10.5 Å². The maximum Gasteiger partial charge on any atom is 0.412 e.